The van der Waals surface area contributed by atoms with E-state index in [-0.39, 0.29) is 0 Å². The second-order valence-corrected chi connectivity index (χ2v) is 5.07. The fourth-order valence-corrected chi connectivity index (χ4v) is 2.39. The van der Waals surface area contributed by atoms with Gasteiger partial charge < -0.3 is 10.1 Å². The van der Waals surface area contributed by atoms with Gasteiger partial charge in [-0.1, -0.05) is 6.07 Å². The van der Waals surface area contributed by atoms with E-state index in [1.165, 1.54) is 23.9 Å². The average molecular weight is 301 g/mol. The molecule has 0 fully saturated rings. The Labute approximate surface area is 116 Å². The summed E-state index contributed by atoms with van der Waals surface area (Å²) in [5, 5.41) is 9.08. The Morgan fingerprint density at radius 2 is 2.00 bits per heavy atom. The number of nitrogens with one attached hydrogen (secondary N) is 1. The number of halogens is 3. The molecule has 0 aliphatic heterocycles. The van der Waals surface area contributed by atoms with E-state index in [4.69, 9.17) is 5.11 Å². The summed E-state index contributed by atoms with van der Waals surface area (Å²) in [6.07, 6.45) is -3.21. The summed E-state index contributed by atoms with van der Waals surface area (Å²) in [6.45, 7) is 0. The summed E-state index contributed by atoms with van der Waals surface area (Å²) < 4.78 is 37.6. The van der Waals surface area contributed by atoms with Gasteiger partial charge in [-0.05, 0) is 18.2 Å². The Kier molecular flexibility index (Phi) is 4.08. The number of H-pyrrole nitrogens is 1. The molecule has 0 aliphatic carbocycles. The van der Waals surface area contributed by atoms with Crippen molar-refractivity contribution in [2.45, 2.75) is 16.8 Å². The first kappa shape index (κ1) is 14.5. The molecular formula is C13H10F3NO2S. The minimum atomic E-state index is -4.37. The molecule has 0 bridgehead atoms. The molecule has 1 aromatic carbocycles. The maximum atomic E-state index is 12.5. The van der Waals surface area contributed by atoms with Crippen LogP contribution in [-0.2, 0) is 11.9 Å². The van der Waals surface area contributed by atoms with E-state index in [9.17, 15) is 18.0 Å². The lowest BCUT2D eigenvalue weighted by molar-refractivity contribution is -0.137. The molecule has 0 saturated heterocycles. The minimum Gasteiger partial charge on any atom is -0.503 e. The predicted octanol–water partition coefficient (Wildman–Crippen LogP) is 3.39. The number of benzene rings is 1. The number of pyridine rings is 1. The lowest BCUT2D eigenvalue weighted by Crippen LogP contribution is -2.04. The molecule has 0 atom stereocenters. The lowest BCUT2D eigenvalue weighted by atomic mass is 10.2. The van der Waals surface area contributed by atoms with Crippen molar-refractivity contribution in [3.63, 3.8) is 0 Å². The maximum Gasteiger partial charge on any atom is 0.416 e. The summed E-state index contributed by atoms with van der Waals surface area (Å²) in [7, 11) is 0. The highest BCUT2D eigenvalue weighted by Gasteiger charge is 2.30. The number of aromatic nitrogens is 1. The quantitative estimate of drug-likeness (QED) is 0.854. The third-order valence-corrected chi connectivity index (χ3v) is 3.55. The second-order valence-electron chi connectivity index (χ2n) is 4.02. The Morgan fingerprint density at radius 1 is 1.25 bits per heavy atom. The number of aromatic amines is 1. The molecule has 2 N–H and O–H groups in total. The van der Waals surface area contributed by atoms with Crippen molar-refractivity contribution >= 4 is 11.8 Å². The molecule has 7 heteroatoms. The predicted molar refractivity (Wildman–Crippen MR) is 69.7 cm³/mol. The summed E-state index contributed by atoms with van der Waals surface area (Å²) in [5.74, 6) is -0.0885. The van der Waals surface area contributed by atoms with E-state index in [1.807, 2.05) is 0 Å². The van der Waals surface area contributed by atoms with Crippen LogP contribution in [0.3, 0.4) is 0 Å². The zero-order chi connectivity index (χ0) is 14.8. The van der Waals surface area contributed by atoms with Crippen LogP contribution in [0.25, 0.3) is 0 Å². The highest BCUT2D eigenvalue weighted by Crippen LogP contribution is 2.32. The molecule has 1 heterocycles. The van der Waals surface area contributed by atoms with Crippen molar-refractivity contribution in [1.82, 2.24) is 4.98 Å². The SMILES string of the molecule is O=c1cc(CSc2cccc(C(F)(F)F)c2)[nH]cc1O. The van der Waals surface area contributed by atoms with Crippen LogP contribution < -0.4 is 5.43 Å². The van der Waals surface area contributed by atoms with Crippen molar-refractivity contribution in [2.24, 2.45) is 0 Å². The molecule has 0 spiro atoms. The molecule has 2 rings (SSSR count). The highest BCUT2D eigenvalue weighted by atomic mass is 32.2. The molecule has 0 saturated carbocycles. The van der Waals surface area contributed by atoms with Crippen molar-refractivity contribution < 1.29 is 18.3 Å². The Balaban J connectivity index is 2.11. The van der Waals surface area contributed by atoms with Gasteiger partial charge in [-0.15, -0.1) is 11.8 Å². The fourth-order valence-electron chi connectivity index (χ4n) is 1.51. The van der Waals surface area contributed by atoms with Gasteiger partial charge in [0.25, 0.3) is 0 Å². The zero-order valence-corrected chi connectivity index (χ0v) is 10.9. The summed E-state index contributed by atoms with van der Waals surface area (Å²) in [6, 6.07) is 6.19. The second kappa shape index (κ2) is 5.62. The molecule has 0 unspecified atom stereocenters. The molecular weight excluding hydrogens is 291 g/mol. The monoisotopic (exact) mass is 301 g/mol. The third-order valence-electron chi connectivity index (χ3n) is 2.51. The van der Waals surface area contributed by atoms with Crippen LogP contribution in [0.5, 0.6) is 5.75 Å². The van der Waals surface area contributed by atoms with Crippen LogP contribution in [0.2, 0.25) is 0 Å². The van der Waals surface area contributed by atoms with Gasteiger partial charge in [0.15, 0.2) is 5.75 Å². The molecule has 3 nitrogen and oxygen atoms in total. The molecule has 20 heavy (non-hydrogen) atoms. The van der Waals surface area contributed by atoms with E-state index >= 15 is 0 Å². The number of rotatable bonds is 3. The first-order valence-corrected chi connectivity index (χ1v) is 6.55. The van der Waals surface area contributed by atoms with Crippen molar-refractivity contribution in [2.75, 3.05) is 0 Å². The number of aromatic hydroxyl groups is 1. The maximum absolute atomic E-state index is 12.5. The summed E-state index contributed by atoms with van der Waals surface area (Å²) >= 11 is 1.17. The standard InChI is InChI=1S/C13H10F3NO2S/c14-13(15,16)8-2-1-3-10(4-8)20-7-9-5-11(18)12(19)6-17-9/h1-6,19H,7H2,(H,17,18). The average Bonchev–Trinajstić information content (AvgIpc) is 2.39. The topological polar surface area (TPSA) is 53.1 Å². The zero-order valence-electron chi connectivity index (χ0n) is 10.1. The third kappa shape index (κ3) is 3.57. The Hall–Kier alpha value is -1.89. The molecule has 106 valence electrons. The number of thioether (sulfide) groups is 1. The van der Waals surface area contributed by atoms with E-state index in [0.717, 1.165) is 18.3 Å². The fraction of sp³-hybridized carbons (Fsp3) is 0.154. The van der Waals surface area contributed by atoms with E-state index < -0.39 is 22.9 Å². The normalized spacial score (nSPS) is 11.6. The molecule has 0 radical (unpaired) electrons. The van der Waals surface area contributed by atoms with E-state index in [0.29, 0.717) is 16.3 Å². The Morgan fingerprint density at radius 3 is 2.65 bits per heavy atom. The van der Waals surface area contributed by atoms with Gasteiger partial charge in [0.1, 0.15) is 0 Å². The van der Waals surface area contributed by atoms with Gasteiger partial charge in [-0.3, -0.25) is 4.79 Å². The largest absolute Gasteiger partial charge is 0.503 e. The van der Waals surface area contributed by atoms with Gasteiger partial charge in [-0.25, -0.2) is 0 Å². The molecule has 0 aliphatic rings. The van der Waals surface area contributed by atoms with Crippen molar-refractivity contribution in [3.05, 3.63) is 58.0 Å². The summed E-state index contributed by atoms with van der Waals surface area (Å²) in [5.41, 5.74) is -0.708. The van der Waals surface area contributed by atoms with Crippen molar-refractivity contribution in [3.8, 4) is 5.75 Å². The van der Waals surface area contributed by atoms with Gasteiger partial charge in [0.2, 0.25) is 5.43 Å². The number of alkyl halides is 3. The van der Waals surface area contributed by atoms with Gasteiger partial charge >= 0.3 is 6.18 Å². The molecule has 2 aromatic rings. The van der Waals surface area contributed by atoms with Crippen LogP contribution in [0, 0.1) is 0 Å². The van der Waals surface area contributed by atoms with Gasteiger partial charge in [0, 0.05) is 28.6 Å². The van der Waals surface area contributed by atoms with Crippen LogP contribution >= 0.6 is 11.8 Å². The summed E-state index contributed by atoms with van der Waals surface area (Å²) in [4.78, 5) is 14.4. The first-order chi connectivity index (χ1) is 9.36. The molecule has 1 aromatic heterocycles. The van der Waals surface area contributed by atoms with Crippen LogP contribution in [-0.4, -0.2) is 10.1 Å². The van der Waals surface area contributed by atoms with E-state index in [1.54, 1.807) is 6.07 Å². The minimum absolute atomic E-state index is 0.302. The first-order valence-electron chi connectivity index (χ1n) is 5.57. The smallest absolute Gasteiger partial charge is 0.416 e. The number of hydrogen-bond donors (Lipinski definition) is 2. The van der Waals surface area contributed by atoms with Gasteiger partial charge in [-0.2, -0.15) is 13.2 Å². The van der Waals surface area contributed by atoms with E-state index in [2.05, 4.69) is 4.98 Å². The number of hydrogen-bond acceptors (Lipinski definition) is 3. The van der Waals surface area contributed by atoms with Crippen molar-refractivity contribution in [1.29, 1.82) is 0 Å². The Bertz CT molecular complexity index is 667. The van der Waals surface area contributed by atoms with Crippen LogP contribution in [0.1, 0.15) is 11.3 Å². The highest BCUT2D eigenvalue weighted by molar-refractivity contribution is 7.98. The molecule has 0 amide bonds. The lowest BCUT2D eigenvalue weighted by Gasteiger charge is -2.08. The van der Waals surface area contributed by atoms with Crippen LogP contribution in [0.15, 0.2) is 46.2 Å². The van der Waals surface area contributed by atoms with Gasteiger partial charge in [0.05, 0.1) is 5.56 Å². The van der Waals surface area contributed by atoms with Crippen LogP contribution in [0.4, 0.5) is 13.2 Å².